The van der Waals surface area contributed by atoms with E-state index in [2.05, 4.69) is 12.2 Å². The Balaban J connectivity index is 1.90. The van der Waals surface area contributed by atoms with Crippen molar-refractivity contribution in [1.29, 1.82) is 0 Å². The van der Waals surface area contributed by atoms with Gasteiger partial charge < -0.3 is 10.2 Å². The molecule has 2 atom stereocenters. The van der Waals surface area contributed by atoms with Crippen LogP contribution < -0.4 is 5.32 Å². The first kappa shape index (κ1) is 18.8. The Morgan fingerprint density at radius 3 is 2.46 bits per heavy atom. The van der Waals surface area contributed by atoms with Gasteiger partial charge in [-0.25, -0.2) is 0 Å². The molecule has 0 radical (unpaired) electrons. The van der Waals surface area contributed by atoms with Crippen molar-refractivity contribution in [3.8, 4) is 0 Å². The molecule has 1 aromatic carbocycles. The zero-order valence-corrected chi connectivity index (χ0v) is 14.2. The second kappa shape index (κ2) is 8.01. The van der Waals surface area contributed by atoms with E-state index in [0.29, 0.717) is 18.9 Å². The largest absolute Gasteiger partial charge is 0.416 e. The fourth-order valence-corrected chi connectivity index (χ4v) is 3.23. The third-order valence-electron chi connectivity index (χ3n) is 4.76. The van der Waals surface area contributed by atoms with Gasteiger partial charge >= 0.3 is 6.18 Å². The molecule has 1 aliphatic rings. The van der Waals surface area contributed by atoms with Gasteiger partial charge in [0.05, 0.1) is 5.56 Å². The summed E-state index contributed by atoms with van der Waals surface area (Å²) in [5, 5.41) is 3.46. The van der Waals surface area contributed by atoms with Crippen LogP contribution in [0.1, 0.15) is 44.2 Å². The van der Waals surface area contributed by atoms with Crippen molar-refractivity contribution in [2.45, 2.75) is 51.9 Å². The van der Waals surface area contributed by atoms with Crippen LogP contribution in [0, 0.1) is 5.92 Å². The van der Waals surface area contributed by atoms with E-state index in [-0.39, 0.29) is 11.9 Å². The lowest BCUT2D eigenvalue weighted by atomic mass is 9.89. The number of alkyl halides is 3. The Kier molecular flexibility index (Phi) is 6.27. The summed E-state index contributed by atoms with van der Waals surface area (Å²) >= 11 is 0. The van der Waals surface area contributed by atoms with Crippen molar-refractivity contribution in [1.82, 2.24) is 10.2 Å². The molecule has 1 aromatic rings. The minimum Gasteiger partial charge on any atom is -0.342 e. The van der Waals surface area contributed by atoms with Gasteiger partial charge in [0.1, 0.15) is 0 Å². The van der Waals surface area contributed by atoms with Gasteiger partial charge in [-0.05, 0) is 30.0 Å². The molecular weight excluding hydrogens is 317 g/mol. The van der Waals surface area contributed by atoms with Crippen molar-refractivity contribution >= 4 is 5.91 Å². The summed E-state index contributed by atoms with van der Waals surface area (Å²) in [5.74, 6) is 0.568. The van der Waals surface area contributed by atoms with E-state index in [0.717, 1.165) is 43.6 Å². The van der Waals surface area contributed by atoms with Gasteiger partial charge in [0, 0.05) is 32.1 Å². The number of nitrogens with zero attached hydrogens (tertiary/aromatic N) is 1. The van der Waals surface area contributed by atoms with Gasteiger partial charge in [-0.3, -0.25) is 4.79 Å². The van der Waals surface area contributed by atoms with E-state index in [1.807, 2.05) is 11.8 Å². The number of halogens is 3. The van der Waals surface area contributed by atoms with Crippen molar-refractivity contribution in [3.05, 3.63) is 35.4 Å². The average molecular weight is 342 g/mol. The summed E-state index contributed by atoms with van der Waals surface area (Å²) in [6.07, 6.45) is -1.92. The lowest BCUT2D eigenvalue weighted by Crippen LogP contribution is -2.50. The van der Waals surface area contributed by atoms with Crippen LogP contribution in [0.5, 0.6) is 0 Å². The van der Waals surface area contributed by atoms with Gasteiger partial charge in [-0.2, -0.15) is 13.2 Å². The number of carbonyl (C=O) groups is 1. The molecule has 3 nitrogen and oxygen atoms in total. The highest BCUT2D eigenvalue weighted by molar-refractivity contribution is 5.75. The van der Waals surface area contributed by atoms with Crippen LogP contribution in [0.3, 0.4) is 0 Å². The number of piperidine rings is 1. The molecule has 0 unspecified atom stereocenters. The standard InChI is InChI=1S/C18H25F3N2O/c1-3-14-12-23(17(24)4-2)10-9-16(14)22-11-13-5-7-15(8-6-13)18(19,20)21/h5-8,14,16,22H,3-4,9-12H2,1-2H3/t14-,16+/m1/s1. The van der Waals surface area contributed by atoms with Gasteiger partial charge in [0.25, 0.3) is 0 Å². The lowest BCUT2D eigenvalue weighted by Gasteiger charge is -2.38. The van der Waals surface area contributed by atoms with Crippen LogP contribution >= 0.6 is 0 Å². The molecule has 134 valence electrons. The third-order valence-corrected chi connectivity index (χ3v) is 4.76. The maximum Gasteiger partial charge on any atom is 0.416 e. The Bertz CT molecular complexity index is 542. The SMILES string of the molecule is CCC(=O)N1CC[C@H](NCc2ccc(C(F)(F)F)cc2)[C@H](CC)C1. The van der Waals surface area contributed by atoms with E-state index in [9.17, 15) is 18.0 Å². The fourth-order valence-electron chi connectivity index (χ4n) is 3.23. The van der Waals surface area contributed by atoms with Crippen LogP contribution in [0.15, 0.2) is 24.3 Å². The molecule has 2 rings (SSSR count). The lowest BCUT2D eigenvalue weighted by molar-refractivity contribution is -0.137. The third kappa shape index (κ3) is 4.72. The Hall–Kier alpha value is -1.56. The molecule has 1 fully saturated rings. The Labute approximate surface area is 141 Å². The molecule has 1 heterocycles. The minimum absolute atomic E-state index is 0.189. The second-order valence-corrected chi connectivity index (χ2v) is 6.33. The van der Waals surface area contributed by atoms with Crippen LogP contribution in [0.4, 0.5) is 13.2 Å². The summed E-state index contributed by atoms with van der Waals surface area (Å²) in [4.78, 5) is 13.8. The minimum atomic E-state index is -4.29. The van der Waals surface area contributed by atoms with E-state index in [1.165, 1.54) is 12.1 Å². The predicted molar refractivity (Wildman–Crippen MR) is 87.3 cm³/mol. The van der Waals surface area contributed by atoms with E-state index < -0.39 is 11.7 Å². The number of amides is 1. The normalized spacial score (nSPS) is 21.8. The zero-order chi connectivity index (χ0) is 17.7. The highest BCUT2D eigenvalue weighted by Gasteiger charge is 2.31. The molecule has 0 spiro atoms. The first-order chi connectivity index (χ1) is 11.3. The quantitative estimate of drug-likeness (QED) is 0.882. The highest BCUT2D eigenvalue weighted by atomic mass is 19.4. The molecule has 0 aliphatic carbocycles. The average Bonchev–Trinajstić information content (AvgIpc) is 2.58. The number of likely N-dealkylation sites (tertiary alicyclic amines) is 1. The molecule has 24 heavy (non-hydrogen) atoms. The van der Waals surface area contributed by atoms with Crippen molar-refractivity contribution < 1.29 is 18.0 Å². The first-order valence-electron chi connectivity index (χ1n) is 8.52. The number of benzene rings is 1. The smallest absolute Gasteiger partial charge is 0.342 e. The van der Waals surface area contributed by atoms with Crippen molar-refractivity contribution in [2.24, 2.45) is 5.92 Å². The zero-order valence-electron chi connectivity index (χ0n) is 14.2. The van der Waals surface area contributed by atoms with Crippen LogP contribution in [0.2, 0.25) is 0 Å². The summed E-state index contributed by atoms with van der Waals surface area (Å²) in [5.41, 5.74) is 0.217. The molecule has 6 heteroatoms. The fraction of sp³-hybridized carbons (Fsp3) is 0.611. The molecule has 0 aromatic heterocycles. The van der Waals surface area contributed by atoms with Crippen LogP contribution in [-0.2, 0) is 17.5 Å². The number of rotatable bonds is 5. The number of hydrogen-bond donors (Lipinski definition) is 1. The van der Waals surface area contributed by atoms with Crippen molar-refractivity contribution in [2.75, 3.05) is 13.1 Å². The number of carbonyl (C=O) groups excluding carboxylic acids is 1. The molecular formula is C18H25F3N2O. The molecule has 1 N–H and O–H groups in total. The van der Waals surface area contributed by atoms with Gasteiger partial charge in [-0.1, -0.05) is 32.4 Å². The second-order valence-electron chi connectivity index (χ2n) is 6.33. The van der Waals surface area contributed by atoms with Crippen LogP contribution in [0.25, 0.3) is 0 Å². The molecule has 0 bridgehead atoms. The van der Waals surface area contributed by atoms with Crippen LogP contribution in [-0.4, -0.2) is 29.9 Å². The predicted octanol–water partition coefficient (Wildman–Crippen LogP) is 3.83. The van der Waals surface area contributed by atoms with Crippen molar-refractivity contribution in [3.63, 3.8) is 0 Å². The first-order valence-corrected chi connectivity index (χ1v) is 8.52. The Morgan fingerprint density at radius 1 is 1.25 bits per heavy atom. The van der Waals surface area contributed by atoms with E-state index in [4.69, 9.17) is 0 Å². The number of nitrogens with one attached hydrogen (secondary N) is 1. The monoisotopic (exact) mass is 342 g/mol. The Morgan fingerprint density at radius 2 is 1.92 bits per heavy atom. The highest BCUT2D eigenvalue weighted by Crippen LogP contribution is 2.29. The maximum absolute atomic E-state index is 12.6. The molecule has 1 saturated heterocycles. The maximum atomic E-state index is 12.6. The summed E-state index contributed by atoms with van der Waals surface area (Å²) in [6.45, 7) is 6.03. The summed E-state index contributed by atoms with van der Waals surface area (Å²) in [7, 11) is 0. The number of hydrogen-bond acceptors (Lipinski definition) is 2. The van der Waals surface area contributed by atoms with Gasteiger partial charge in [0.2, 0.25) is 5.91 Å². The topological polar surface area (TPSA) is 32.3 Å². The van der Waals surface area contributed by atoms with E-state index >= 15 is 0 Å². The summed E-state index contributed by atoms with van der Waals surface area (Å²) in [6, 6.07) is 5.57. The summed E-state index contributed by atoms with van der Waals surface area (Å²) < 4.78 is 37.7. The van der Waals surface area contributed by atoms with Gasteiger partial charge in [-0.15, -0.1) is 0 Å². The van der Waals surface area contributed by atoms with Gasteiger partial charge in [0.15, 0.2) is 0 Å². The molecule has 1 aliphatic heterocycles. The molecule has 1 amide bonds. The molecule has 0 saturated carbocycles. The van der Waals surface area contributed by atoms with E-state index in [1.54, 1.807) is 0 Å².